The molecule has 0 aliphatic rings. The molecule has 14 heavy (non-hydrogen) atoms. The number of rotatable bonds is 3. The Morgan fingerprint density at radius 3 is 2.86 bits per heavy atom. The van der Waals surface area contributed by atoms with Crippen molar-refractivity contribution >= 4 is 11.7 Å². The molecule has 1 rings (SSSR count). The van der Waals surface area contributed by atoms with Gasteiger partial charge in [-0.15, -0.1) is 0 Å². The number of anilines is 1. The van der Waals surface area contributed by atoms with Crippen molar-refractivity contribution in [1.29, 1.82) is 0 Å². The normalized spacial score (nSPS) is 9.64. The van der Waals surface area contributed by atoms with Crippen LogP contribution in [0.1, 0.15) is 12.5 Å². The molecule has 0 radical (unpaired) electrons. The molecular formula is C10H15N3O. The first-order valence-electron chi connectivity index (χ1n) is 4.47. The lowest BCUT2D eigenvalue weighted by Gasteiger charge is -2.15. The van der Waals surface area contributed by atoms with E-state index in [1.807, 2.05) is 31.1 Å². The number of hydrogen-bond donors (Lipinski definition) is 1. The molecule has 0 aromatic carbocycles. The average molecular weight is 193 g/mol. The van der Waals surface area contributed by atoms with E-state index in [0.717, 1.165) is 11.4 Å². The van der Waals surface area contributed by atoms with Gasteiger partial charge >= 0.3 is 0 Å². The van der Waals surface area contributed by atoms with Crippen LogP contribution in [0.25, 0.3) is 0 Å². The van der Waals surface area contributed by atoms with Gasteiger partial charge in [0.05, 0.1) is 0 Å². The number of pyridine rings is 1. The fourth-order valence-electron chi connectivity index (χ4n) is 1.19. The number of nitrogens with zero attached hydrogens (tertiary/aromatic N) is 2. The molecule has 0 saturated heterocycles. The van der Waals surface area contributed by atoms with Crippen molar-refractivity contribution in [3.8, 4) is 0 Å². The van der Waals surface area contributed by atoms with E-state index in [1.54, 1.807) is 6.20 Å². The minimum atomic E-state index is -0.0291. The molecule has 1 N–H and O–H groups in total. The Labute approximate surface area is 83.9 Å². The fourth-order valence-corrected chi connectivity index (χ4v) is 1.19. The van der Waals surface area contributed by atoms with Gasteiger partial charge in [-0.1, -0.05) is 6.07 Å². The highest BCUT2D eigenvalue weighted by Gasteiger charge is 2.04. The summed E-state index contributed by atoms with van der Waals surface area (Å²) in [4.78, 5) is 16.9. The molecule has 0 unspecified atom stereocenters. The van der Waals surface area contributed by atoms with Gasteiger partial charge in [0.1, 0.15) is 5.82 Å². The predicted octanol–water partition coefficient (Wildman–Crippen LogP) is 0.784. The van der Waals surface area contributed by atoms with Crippen LogP contribution in [0.15, 0.2) is 18.3 Å². The first-order valence-corrected chi connectivity index (χ1v) is 4.47. The van der Waals surface area contributed by atoms with E-state index >= 15 is 0 Å². The zero-order chi connectivity index (χ0) is 10.6. The van der Waals surface area contributed by atoms with Gasteiger partial charge in [-0.2, -0.15) is 0 Å². The third-order valence-electron chi connectivity index (χ3n) is 1.82. The van der Waals surface area contributed by atoms with E-state index < -0.39 is 0 Å². The lowest BCUT2D eigenvalue weighted by atomic mass is 10.2. The first-order chi connectivity index (χ1) is 6.61. The average Bonchev–Trinajstić information content (AvgIpc) is 2.15. The molecule has 1 heterocycles. The van der Waals surface area contributed by atoms with Gasteiger partial charge in [0.2, 0.25) is 5.91 Å². The molecule has 0 aliphatic heterocycles. The molecule has 1 amide bonds. The zero-order valence-corrected chi connectivity index (χ0v) is 8.74. The van der Waals surface area contributed by atoms with Crippen LogP contribution in [0.3, 0.4) is 0 Å². The van der Waals surface area contributed by atoms with Crippen LogP contribution in [0.4, 0.5) is 5.82 Å². The van der Waals surface area contributed by atoms with Crippen LogP contribution < -0.4 is 10.2 Å². The Bertz CT molecular complexity index is 323. The third-order valence-corrected chi connectivity index (χ3v) is 1.82. The number of hydrogen-bond acceptors (Lipinski definition) is 3. The van der Waals surface area contributed by atoms with Crippen LogP contribution in [-0.2, 0) is 11.3 Å². The fraction of sp³-hybridized carbons (Fsp3) is 0.400. The minimum absolute atomic E-state index is 0.0291. The molecule has 1 aromatic heterocycles. The van der Waals surface area contributed by atoms with E-state index in [2.05, 4.69) is 10.3 Å². The van der Waals surface area contributed by atoms with Crippen molar-refractivity contribution in [2.75, 3.05) is 19.0 Å². The molecule has 0 spiro atoms. The Hall–Kier alpha value is -1.58. The van der Waals surface area contributed by atoms with Gasteiger partial charge in [-0.25, -0.2) is 4.98 Å². The second-order valence-corrected chi connectivity index (χ2v) is 3.29. The van der Waals surface area contributed by atoms with Gasteiger partial charge in [0.25, 0.3) is 0 Å². The Morgan fingerprint density at radius 2 is 2.29 bits per heavy atom. The van der Waals surface area contributed by atoms with Crippen LogP contribution >= 0.6 is 0 Å². The topological polar surface area (TPSA) is 45.2 Å². The van der Waals surface area contributed by atoms with Crippen molar-refractivity contribution in [2.24, 2.45) is 0 Å². The van der Waals surface area contributed by atoms with Crippen LogP contribution in [-0.4, -0.2) is 25.0 Å². The lowest BCUT2D eigenvalue weighted by molar-refractivity contribution is -0.119. The summed E-state index contributed by atoms with van der Waals surface area (Å²) in [5, 5.41) is 2.75. The van der Waals surface area contributed by atoms with Crippen LogP contribution in [0, 0.1) is 0 Å². The predicted molar refractivity (Wildman–Crippen MR) is 56.1 cm³/mol. The zero-order valence-electron chi connectivity index (χ0n) is 8.74. The smallest absolute Gasteiger partial charge is 0.217 e. The van der Waals surface area contributed by atoms with Crippen molar-refractivity contribution in [1.82, 2.24) is 10.3 Å². The Morgan fingerprint density at radius 1 is 1.57 bits per heavy atom. The molecule has 0 saturated carbocycles. The highest BCUT2D eigenvalue weighted by Crippen LogP contribution is 2.13. The van der Waals surface area contributed by atoms with Crippen LogP contribution in [0.2, 0.25) is 0 Å². The van der Waals surface area contributed by atoms with Crippen molar-refractivity contribution in [2.45, 2.75) is 13.5 Å². The second-order valence-electron chi connectivity index (χ2n) is 3.29. The highest BCUT2D eigenvalue weighted by atomic mass is 16.1. The summed E-state index contributed by atoms with van der Waals surface area (Å²) in [7, 11) is 3.86. The van der Waals surface area contributed by atoms with E-state index in [1.165, 1.54) is 6.92 Å². The summed E-state index contributed by atoms with van der Waals surface area (Å²) in [6.45, 7) is 2.03. The molecular weight excluding hydrogens is 178 g/mol. The quantitative estimate of drug-likeness (QED) is 0.771. The summed E-state index contributed by atoms with van der Waals surface area (Å²) in [5.41, 5.74) is 1.02. The Balaban J connectivity index is 2.79. The van der Waals surface area contributed by atoms with Gasteiger partial charge < -0.3 is 10.2 Å². The number of carbonyl (C=O) groups excluding carboxylic acids is 1. The summed E-state index contributed by atoms with van der Waals surface area (Å²) < 4.78 is 0. The number of nitrogens with one attached hydrogen (secondary N) is 1. The standard InChI is InChI=1S/C10H15N3O/c1-8(14)12-7-9-5-4-6-11-10(9)13(2)3/h4-6H,7H2,1-3H3,(H,12,14). The van der Waals surface area contributed by atoms with Crippen molar-refractivity contribution in [3.05, 3.63) is 23.9 Å². The molecule has 0 bridgehead atoms. The summed E-state index contributed by atoms with van der Waals surface area (Å²) in [6.07, 6.45) is 1.74. The van der Waals surface area contributed by atoms with Crippen molar-refractivity contribution < 1.29 is 4.79 Å². The molecule has 4 nitrogen and oxygen atoms in total. The number of amides is 1. The lowest BCUT2D eigenvalue weighted by Crippen LogP contribution is -2.21. The van der Waals surface area contributed by atoms with E-state index in [0.29, 0.717) is 6.54 Å². The second kappa shape index (κ2) is 4.60. The number of carbonyl (C=O) groups is 1. The van der Waals surface area contributed by atoms with Crippen molar-refractivity contribution in [3.63, 3.8) is 0 Å². The van der Waals surface area contributed by atoms with Gasteiger partial charge in [-0.05, 0) is 6.07 Å². The van der Waals surface area contributed by atoms with Gasteiger partial charge in [0.15, 0.2) is 0 Å². The molecule has 0 fully saturated rings. The molecule has 76 valence electrons. The molecule has 1 aromatic rings. The Kier molecular flexibility index (Phi) is 3.45. The maximum atomic E-state index is 10.8. The molecule has 0 aliphatic carbocycles. The van der Waals surface area contributed by atoms with E-state index in [9.17, 15) is 4.79 Å². The summed E-state index contributed by atoms with van der Waals surface area (Å²) in [5.74, 6) is 0.861. The van der Waals surface area contributed by atoms with E-state index in [4.69, 9.17) is 0 Å². The maximum absolute atomic E-state index is 10.8. The SMILES string of the molecule is CC(=O)NCc1cccnc1N(C)C. The summed E-state index contributed by atoms with van der Waals surface area (Å²) >= 11 is 0. The van der Waals surface area contributed by atoms with Crippen LogP contribution in [0.5, 0.6) is 0 Å². The molecule has 4 heteroatoms. The minimum Gasteiger partial charge on any atom is -0.362 e. The number of aromatic nitrogens is 1. The van der Waals surface area contributed by atoms with Gasteiger partial charge in [0, 0.05) is 39.3 Å². The maximum Gasteiger partial charge on any atom is 0.217 e. The molecule has 0 atom stereocenters. The first kappa shape index (κ1) is 10.5. The summed E-state index contributed by atoms with van der Waals surface area (Å²) in [6, 6.07) is 3.82. The third kappa shape index (κ3) is 2.73. The van der Waals surface area contributed by atoms with Gasteiger partial charge in [-0.3, -0.25) is 4.79 Å². The van der Waals surface area contributed by atoms with E-state index in [-0.39, 0.29) is 5.91 Å². The highest BCUT2D eigenvalue weighted by molar-refractivity contribution is 5.73. The monoisotopic (exact) mass is 193 g/mol. The largest absolute Gasteiger partial charge is 0.362 e.